The number of hydrogen-bond donors (Lipinski definition) is 1. The third-order valence-corrected chi connectivity index (χ3v) is 1.86. The fraction of sp³-hybridized carbons (Fsp3) is 1.00. The fourth-order valence-electron chi connectivity index (χ4n) is 0.788. The molecule has 0 aliphatic heterocycles. The Labute approximate surface area is 62.7 Å². The van der Waals surface area contributed by atoms with Crippen LogP contribution in [0.5, 0.6) is 0 Å². The van der Waals surface area contributed by atoms with Crippen molar-refractivity contribution in [3.63, 3.8) is 0 Å². The molecule has 0 aromatic carbocycles. The van der Waals surface area contributed by atoms with Gasteiger partial charge >= 0.3 is 0 Å². The van der Waals surface area contributed by atoms with Crippen molar-refractivity contribution in [2.45, 2.75) is 19.8 Å². The van der Waals surface area contributed by atoms with Gasteiger partial charge in [-0.1, -0.05) is 6.92 Å². The van der Waals surface area contributed by atoms with Crippen LogP contribution in [-0.2, 0) is 4.74 Å². The van der Waals surface area contributed by atoms with Crippen LogP contribution in [0.25, 0.3) is 0 Å². The van der Waals surface area contributed by atoms with E-state index in [1.165, 1.54) is 12.8 Å². The summed E-state index contributed by atoms with van der Waals surface area (Å²) >= 11 is 0. The van der Waals surface area contributed by atoms with Gasteiger partial charge in [0.05, 0.1) is 6.61 Å². The summed E-state index contributed by atoms with van der Waals surface area (Å²) in [6.45, 7) is 4.66. The maximum atomic E-state index is 5.43. The van der Waals surface area contributed by atoms with Gasteiger partial charge in [0.25, 0.3) is 0 Å². The van der Waals surface area contributed by atoms with Crippen molar-refractivity contribution < 1.29 is 4.74 Å². The molecule has 1 aliphatic carbocycles. The highest BCUT2D eigenvalue weighted by molar-refractivity contribution is 4.72. The Kier molecular flexibility index (Phi) is 3.16. The molecule has 0 amide bonds. The second-order valence-electron chi connectivity index (χ2n) is 3.32. The summed E-state index contributed by atoms with van der Waals surface area (Å²) in [6, 6.07) is 0. The first kappa shape index (κ1) is 8.02. The summed E-state index contributed by atoms with van der Waals surface area (Å²) in [4.78, 5) is 0. The van der Waals surface area contributed by atoms with Crippen molar-refractivity contribution in [3.8, 4) is 0 Å². The standard InChI is InChI=1S/C8H17NO/c1-7(4-9)5-10-6-8-2-3-8/h7-8H,2-6,9H2,1H3/t7-/m0/s1. The first-order valence-electron chi connectivity index (χ1n) is 4.10. The Morgan fingerprint density at radius 1 is 1.60 bits per heavy atom. The average molecular weight is 143 g/mol. The molecule has 1 saturated carbocycles. The van der Waals surface area contributed by atoms with Crippen LogP contribution in [-0.4, -0.2) is 19.8 Å². The highest BCUT2D eigenvalue weighted by atomic mass is 16.5. The van der Waals surface area contributed by atoms with Crippen LogP contribution in [0, 0.1) is 11.8 Å². The summed E-state index contributed by atoms with van der Waals surface area (Å²) in [5.74, 6) is 1.41. The van der Waals surface area contributed by atoms with E-state index in [1.807, 2.05) is 0 Å². The van der Waals surface area contributed by atoms with Gasteiger partial charge in [-0.05, 0) is 31.2 Å². The van der Waals surface area contributed by atoms with E-state index in [2.05, 4.69) is 6.92 Å². The van der Waals surface area contributed by atoms with Crippen LogP contribution >= 0.6 is 0 Å². The van der Waals surface area contributed by atoms with E-state index in [1.54, 1.807) is 0 Å². The lowest BCUT2D eigenvalue weighted by atomic mass is 10.2. The summed E-state index contributed by atoms with van der Waals surface area (Å²) in [7, 11) is 0. The average Bonchev–Trinajstić information content (AvgIpc) is 2.71. The zero-order chi connectivity index (χ0) is 7.40. The molecule has 0 spiro atoms. The van der Waals surface area contributed by atoms with Crippen molar-refractivity contribution >= 4 is 0 Å². The molecule has 60 valence electrons. The van der Waals surface area contributed by atoms with Crippen LogP contribution in [0.2, 0.25) is 0 Å². The predicted octanol–water partition coefficient (Wildman–Crippen LogP) is 1.01. The van der Waals surface area contributed by atoms with E-state index in [0.717, 1.165) is 25.7 Å². The van der Waals surface area contributed by atoms with Crippen LogP contribution < -0.4 is 5.73 Å². The molecule has 1 fully saturated rings. The predicted molar refractivity (Wildman–Crippen MR) is 41.8 cm³/mol. The van der Waals surface area contributed by atoms with Gasteiger partial charge in [0.2, 0.25) is 0 Å². The molecule has 2 N–H and O–H groups in total. The lowest BCUT2D eigenvalue weighted by Gasteiger charge is -2.07. The Hall–Kier alpha value is -0.0800. The molecule has 0 heterocycles. The lowest BCUT2D eigenvalue weighted by Crippen LogP contribution is -2.17. The minimum atomic E-state index is 0.527. The fourth-order valence-corrected chi connectivity index (χ4v) is 0.788. The maximum Gasteiger partial charge on any atom is 0.0503 e. The van der Waals surface area contributed by atoms with Gasteiger partial charge in [0, 0.05) is 6.61 Å². The lowest BCUT2D eigenvalue weighted by molar-refractivity contribution is 0.0985. The molecular formula is C8H17NO. The number of hydrogen-bond acceptors (Lipinski definition) is 2. The van der Waals surface area contributed by atoms with Crippen molar-refractivity contribution in [2.24, 2.45) is 17.6 Å². The second kappa shape index (κ2) is 3.94. The quantitative estimate of drug-likeness (QED) is 0.623. The smallest absolute Gasteiger partial charge is 0.0503 e. The van der Waals surface area contributed by atoms with Crippen LogP contribution in [0.15, 0.2) is 0 Å². The molecule has 1 rings (SSSR count). The summed E-state index contributed by atoms with van der Waals surface area (Å²) < 4.78 is 5.43. The largest absolute Gasteiger partial charge is 0.381 e. The van der Waals surface area contributed by atoms with Gasteiger partial charge < -0.3 is 10.5 Å². The minimum absolute atomic E-state index is 0.527. The number of nitrogens with two attached hydrogens (primary N) is 1. The molecular weight excluding hydrogens is 126 g/mol. The number of ether oxygens (including phenoxy) is 1. The molecule has 1 atom stereocenters. The van der Waals surface area contributed by atoms with Gasteiger partial charge in [0.15, 0.2) is 0 Å². The van der Waals surface area contributed by atoms with Crippen molar-refractivity contribution in [1.82, 2.24) is 0 Å². The maximum absolute atomic E-state index is 5.43. The highest BCUT2D eigenvalue weighted by Gasteiger charge is 2.21. The van der Waals surface area contributed by atoms with E-state index in [4.69, 9.17) is 10.5 Å². The summed E-state index contributed by atoms with van der Waals surface area (Å²) in [5.41, 5.74) is 5.42. The van der Waals surface area contributed by atoms with Crippen molar-refractivity contribution in [2.75, 3.05) is 19.8 Å². The Morgan fingerprint density at radius 2 is 2.30 bits per heavy atom. The van der Waals surface area contributed by atoms with E-state index >= 15 is 0 Å². The van der Waals surface area contributed by atoms with E-state index in [0.29, 0.717) is 5.92 Å². The molecule has 1 aliphatic rings. The number of rotatable bonds is 5. The third-order valence-electron chi connectivity index (χ3n) is 1.86. The molecule has 2 heteroatoms. The molecule has 2 nitrogen and oxygen atoms in total. The Balaban J connectivity index is 1.83. The van der Waals surface area contributed by atoms with Crippen molar-refractivity contribution in [3.05, 3.63) is 0 Å². The van der Waals surface area contributed by atoms with Crippen molar-refractivity contribution in [1.29, 1.82) is 0 Å². The zero-order valence-corrected chi connectivity index (χ0v) is 6.68. The monoisotopic (exact) mass is 143 g/mol. The molecule has 0 aromatic rings. The van der Waals surface area contributed by atoms with Gasteiger partial charge in [-0.2, -0.15) is 0 Å². The van der Waals surface area contributed by atoms with E-state index < -0.39 is 0 Å². The Morgan fingerprint density at radius 3 is 2.80 bits per heavy atom. The second-order valence-corrected chi connectivity index (χ2v) is 3.32. The molecule has 10 heavy (non-hydrogen) atoms. The van der Waals surface area contributed by atoms with Crippen LogP contribution in [0.1, 0.15) is 19.8 Å². The molecule has 0 bridgehead atoms. The summed E-state index contributed by atoms with van der Waals surface area (Å²) in [5, 5.41) is 0. The molecule has 0 radical (unpaired) electrons. The molecule has 0 unspecified atom stereocenters. The van der Waals surface area contributed by atoms with E-state index in [-0.39, 0.29) is 0 Å². The molecule has 0 aromatic heterocycles. The van der Waals surface area contributed by atoms with Gasteiger partial charge in [-0.25, -0.2) is 0 Å². The third kappa shape index (κ3) is 3.18. The summed E-state index contributed by atoms with van der Waals surface area (Å²) in [6.07, 6.45) is 2.74. The highest BCUT2D eigenvalue weighted by Crippen LogP contribution is 2.28. The van der Waals surface area contributed by atoms with Gasteiger partial charge in [0.1, 0.15) is 0 Å². The SMILES string of the molecule is C[C@@H](CN)COCC1CC1. The first-order valence-corrected chi connectivity index (χ1v) is 4.10. The van der Waals surface area contributed by atoms with Gasteiger partial charge in [-0.15, -0.1) is 0 Å². The zero-order valence-electron chi connectivity index (χ0n) is 6.68. The topological polar surface area (TPSA) is 35.2 Å². The van der Waals surface area contributed by atoms with Gasteiger partial charge in [-0.3, -0.25) is 0 Å². The van der Waals surface area contributed by atoms with Crippen LogP contribution in [0.4, 0.5) is 0 Å². The normalized spacial score (nSPS) is 21.0. The molecule has 0 saturated heterocycles. The van der Waals surface area contributed by atoms with E-state index in [9.17, 15) is 0 Å². The first-order chi connectivity index (χ1) is 4.83. The van der Waals surface area contributed by atoms with Crippen LogP contribution in [0.3, 0.4) is 0 Å². The minimum Gasteiger partial charge on any atom is -0.381 e. The Bertz CT molecular complexity index is 91.3.